The fraction of sp³-hybridized carbons (Fsp3) is 0.455. The van der Waals surface area contributed by atoms with Crippen LogP contribution < -0.4 is 9.64 Å². The second-order valence-electron chi connectivity index (χ2n) is 8.02. The van der Waals surface area contributed by atoms with E-state index in [-0.39, 0.29) is 0 Å². The number of ether oxygens (including phenoxy) is 1. The molecule has 0 saturated carbocycles. The molecule has 3 heterocycles. The second-order valence-corrected chi connectivity index (χ2v) is 8.02. The molecule has 1 saturated heterocycles. The Morgan fingerprint density at radius 3 is 2.33 bits per heavy atom. The lowest BCUT2D eigenvalue weighted by atomic mass is 9.91. The smallest absolute Gasteiger partial charge is 0.158 e. The molecule has 3 aromatic rings. The highest BCUT2D eigenvalue weighted by Crippen LogP contribution is 2.31. The van der Waals surface area contributed by atoms with Crippen LogP contribution >= 0.6 is 0 Å². The molecule has 1 aromatic carbocycles. The maximum Gasteiger partial charge on any atom is 0.158 e. The number of methoxy groups -OCH3 is 1. The molecule has 0 aliphatic carbocycles. The molecule has 2 atom stereocenters. The Kier molecular flexibility index (Phi) is 4.54. The number of benzene rings is 1. The van der Waals surface area contributed by atoms with E-state index in [9.17, 15) is 0 Å². The topological polar surface area (TPSA) is 42.7 Å². The number of hydrogen-bond acceptors (Lipinski definition) is 4. The molecule has 142 valence electrons. The molecule has 1 fully saturated rings. The van der Waals surface area contributed by atoms with Gasteiger partial charge in [0.2, 0.25) is 0 Å². The predicted octanol–water partition coefficient (Wildman–Crippen LogP) is 4.50. The molecule has 0 spiro atoms. The third-order valence-corrected chi connectivity index (χ3v) is 5.61. The van der Waals surface area contributed by atoms with Gasteiger partial charge in [0.25, 0.3) is 0 Å². The lowest BCUT2D eigenvalue weighted by Gasteiger charge is -2.37. The van der Waals surface area contributed by atoms with Crippen molar-refractivity contribution in [3.05, 3.63) is 41.6 Å². The van der Waals surface area contributed by atoms with Gasteiger partial charge in [-0.1, -0.05) is 13.8 Å². The zero-order valence-electron chi connectivity index (χ0n) is 16.9. The molecule has 0 bridgehead atoms. The van der Waals surface area contributed by atoms with E-state index in [1.165, 1.54) is 17.8 Å². The minimum absolute atomic E-state index is 0.688. The summed E-state index contributed by atoms with van der Waals surface area (Å²) in [5.74, 6) is 3.42. The Morgan fingerprint density at radius 2 is 1.70 bits per heavy atom. The molecule has 4 rings (SSSR count). The number of fused-ring (bicyclic) bond motifs is 1. The highest BCUT2D eigenvalue weighted by molar-refractivity contribution is 5.67. The van der Waals surface area contributed by atoms with Crippen LogP contribution in [0.1, 0.15) is 31.5 Å². The predicted molar refractivity (Wildman–Crippen MR) is 110 cm³/mol. The van der Waals surface area contributed by atoms with Gasteiger partial charge in [0, 0.05) is 36.0 Å². The largest absolute Gasteiger partial charge is 0.497 e. The van der Waals surface area contributed by atoms with Crippen LogP contribution in [0.15, 0.2) is 30.3 Å². The van der Waals surface area contributed by atoms with Crippen LogP contribution in [0.5, 0.6) is 5.75 Å². The van der Waals surface area contributed by atoms with Crippen molar-refractivity contribution in [3.8, 4) is 17.0 Å². The first kappa shape index (κ1) is 17.8. The van der Waals surface area contributed by atoms with Crippen molar-refractivity contribution in [3.63, 3.8) is 0 Å². The van der Waals surface area contributed by atoms with Crippen molar-refractivity contribution in [1.29, 1.82) is 0 Å². The zero-order chi connectivity index (χ0) is 19.1. The third-order valence-electron chi connectivity index (χ3n) is 5.61. The van der Waals surface area contributed by atoms with Crippen molar-refractivity contribution < 1.29 is 4.74 Å². The fourth-order valence-electron chi connectivity index (χ4n) is 4.29. The normalized spacial score (nSPS) is 20.3. The summed E-state index contributed by atoms with van der Waals surface area (Å²) in [6.07, 6.45) is 1.29. The van der Waals surface area contributed by atoms with E-state index in [2.05, 4.69) is 38.7 Å². The number of hydrogen-bond donors (Lipinski definition) is 0. The maximum absolute atomic E-state index is 5.27. The summed E-state index contributed by atoms with van der Waals surface area (Å²) in [4.78, 5) is 7.30. The van der Waals surface area contributed by atoms with Gasteiger partial charge in [-0.2, -0.15) is 9.61 Å². The minimum atomic E-state index is 0.688. The van der Waals surface area contributed by atoms with Gasteiger partial charge in [-0.05, 0) is 56.4 Å². The molecule has 1 aliphatic rings. The van der Waals surface area contributed by atoms with Crippen molar-refractivity contribution in [2.24, 2.45) is 11.8 Å². The van der Waals surface area contributed by atoms with Crippen LogP contribution in [0.4, 0.5) is 5.82 Å². The Labute approximate surface area is 161 Å². The zero-order valence-corrected chi connectivity index (χ0v) is 16.9. The molecule has 0 N–H and O–H groups in total. The molecule has 0 amide bonds. The quantitative estimate of drug-likeness (QED) is 0.686. The standard InChI is InChI=1S/C22H28N4O/c1-14-10-15(2)13-25(12-14)22-16(3)17(4)23-21-11-20(24-26(21)22)18-6-8-19(27-5)9-7-18/h6-9,11,14-15H,10,12-13H2,1-5H3/t14-,15-/m1/s1. The minimum Gasteiger partial charge on any atom is -0.497 e. The third kappa shape index (κ3) is 3.27. The van der Waals surface area contributed by atoms with E-state index in [4.69, 9.17) is 14.8 Å². The van der Waals surface area contributed by atoms with Gasteiger partial charge in [0.15, 0.2) is 5.65 Å². The second kappa shape index (κ2) is 6.87. The average molecular weight is 364 g/mol. The highest BCUT2D eigenvalue weighted by atomic mass is 16.5. The van der Waals surface area contributed by atoms with Crippen molar-refractivity contribution in [1.82, 2.24) is 14.6 Å². The molecular weight excluding hydrogens is 336 g/mol. The molecule has 5 heteroatoms. The molecule has 0 radical (unpaired) electrons. The van der Waals surface area contributed by atoms with E-state index in [1.54, 1.807) is 7.11 Å². The van der Waals surface area contributed by atoms with Crippen LogP contribution in [0.2, 0.25) is 0 Å². The average Bonchev–Trinajstić information content (AvgIpc) is 3.05. The Bertz CT molecular complexity index is 951. The first-order chi connectivity index (χ1) is 13.0. The Hall–Kier alpha value is -2.56. The number of rotatable bonds is 3. The van der Waals surface area contributed by atoms with Gasteiger partial charge in [0.05, 0.1) is 12.8 Å². The summed E-state index contributed by atoms with van der Waals surface area (Å²) in [6, 6.07) is 10.1. The summed E-state index contributed by atoms with van der Waals surface area (Å²) in [6.45, 7) is 11.1. The summed E-state index contributed by atoms with van der Waals surface area (Å²) in [5, 5.41) is 4.94. The van der Waals surface area contributed by atoms with Crippen LogP contribution in [-0.4, -0.2) is 34.8 Å². The highest BCUT2D eigenvalue weighted by Gasteiger charge is 2.26. The SMILES string of the molecule is COc1ccc(-c2cc3nc(C)c(C)c(N4C[C@H](C)C[C@@H](C)C4)n3n2)cc1. The number of piperidine rings is 1. The lowest BCUT2D eigenvalue weighted by molar-refractivity contribution is 0.354. The van der Waals surface area contributed by atoms with Gasteiger partial charge in [-0.25, -0.2) is 4.98 Å². The van der Waals surface area contributed by atoms with Gasteiger partial charge in [-0.3, -0.25) is 0 Å². The van der Waals surface area contributed by atoms with Crippen LogP contribution in [0.3, 0.4) is 0 Å². The first-order valence-electron chi connectivity index (χ1n) is 9.72. The van der Waals surface area contributed by atoms with E-state index >= 15 is 0 Å². The van der Waals surface area contributed by atoms with Crippen LogP contribution in [0, 0.1) is 25.7 Å². The molecule has 5 nitrogen and oxygen atoms in total. The fourth-order valence-corrected chi connectivity index (χ4v) is 4.29. The first-order valence-corrected chi connectivity index (χ1v) is 9.72. The maximum atomic E-state index is 5.27. The Balaban J connectivity index is 1.83. The van der Waals surface area contributed by atoms with E-state index in [0.717, 1.165) is 41.4 Å². The molecular formula is C22H28N4O. The van der Waals surface area contributed by atoms with Gasteiger partial charge < -0.3 is 9.64 Å². The van der Waals surface area contributed by atoms with Gasteiger partial charge in [-0.15, -0.1) is 0 Å². The molecule has 1 aliphatic heterocycles. The lowest BCUT2D eigenvalue weighted by Crippen LogP contribution is -2.40. The van der Waals surface area contributed by atoms with Gasteiger partial charge in [0.1, 0.15) is 11.6 Å². The Morgan fingerprint density at radius 1 is 1.04 bits per heavy atom. The summed E-state index contributed by atoms with van der Waals surface area (Å²) >= 11 is 0. The number of nitrogens with zero attached hydrogens (tertiary/aromatic N) is 4. The van der Waals surface area contributed by atoms with Crippen LogP contribution in [-0.2, 0) is 0 Å². The number of aromatic nitrogens is 3. The van der Waals surface area contributed by atoms with E-state index in [0.29, 0.717) is 11.8 Å². The molecule has 27 heavy (non-hydrogen) atoms. The summed E-state index contributed by atoms with van der Waals surface area (Å²) in [5.41, 5.74) is 5.21. The van der Waals surface area contributed by atoms with Crippen molar-refractivity contribution >= 4 is 11.5 Å². The van der Waals surface area contributed by atoms with Crippen molar-refractivity contribution in [2.45, 2.75) is 34.1 Å². The summed E-state index contributed by atoms with van der Waals surface area (Å²) in [7, 11) is 1.68. The number of aryl methyl sites for hydroxylation is 1. The van der Waals surface area contributed by atoms with E-state index in [1.807, 2.05) is 28.8 Å². The van der Waals surface area contributed by atoms with E-state index < -0.39 is 0 Å². The summed E-state index contributed by atoms with van der Waals surface area (Å²) < 4.78 is 7.30. The number of anilines is 1. The monoisotopic (exact) mass is 364 g/mol. The van der Waals surface area contributed by atoms with Crippen molar-refractivity contribution in [2.75, 3.05) is 25.1 Å². The van der Waals surface area contributed by atoms with Crippen LogP contribution in [0.25, 0.3) is 16.9 Å². The van der Waals surface area contributed by atoms with Gasteiger partial charge >= 0.3 is 0 Å². The molecule has 0 unspecified atom stereocenters. The molecule has 2 aromatic heterocycles.